The third-order valence-corrected chi connectivity index (χ3v) is 2.67. The molecule has 5 heteroatoms. The van der Waals surface area contributed by atoms with Gasteiger partial charge in [0.1, 0.15) is 6.10 Å². The van der Waals surface area contributed by atoms with Gasteiger partial charge < -0.3 is 10.5 Å². The van der Waals surface area contributed by atoms with Crippen molar-refractivity contribution in [2.45, 2.75) is 25.9 Å². The minimum Gasteiger partial charge on any atom is -0.374 e. The quantitative estimate of drug-likeness (QED) is 0.800. The Bertz CT molecular complexity index is 285. The molecule has 1 aliphatic carbocycles. The monoisotopic (exact) mass is 199 g/mol. The Hall–Kier alpha value is -0.680. The summed E-state index contributed by atoms with van der Waals surface area (Å²) in [6, 6.07) is 0. The van der Waals surface area contributed by atoms with Crippen molar-refractivity contribution in [3.05, 3.63) is 5.82 Å². The molecule has 13 heavy (non-hydrogen) atoms. The molecule has 72 valence electrons. The van der Waals surface area contributed by atoms with E-state index >= 15 is 0 Å². The highest BCUT2D eigenvalue weighted by Crippen LogP contribution is 2.42. The van der Waals surface area contributed by atoms with E-state index in [2.05, 4.69) is 9.36 Å². The number of nitrogens with zero attached hydrogens (tertiary/aromatic N) is 2. The second-order valence-corrected chi connectivity index (χ2v) is 3.99. The molecule has 0 saturated heterocycles. The van der Waals surface area contributed by atoms with E-state index in [0.717, 1.165) is 5.82 Å². The SMILES string of the molecule is CCOC(c1nsc(N)n1)C1CC1. The molecule has 0 spiro atoms. The van der Waals surface area contributed by atoms with Crippen molar-refractivity contribution in [3.8, 4) is 0 Å². The summed E-state index contributed by atoms with van der Waals surface area (Å²) in [5.74, 6) is 1.39. The van der Waals surface area contributed by atoms with Crippen molar-refractivity contribution in [1.29, 1.82) is 0 Å². The summed E-state index contributed by atoms with van der Waals surface area (Å²) in [4.78, 5) is 4.15. The summed E-state index contributed by atoms with van der Waals surface area (Å²) >= 11 is 1.24. The molecule has 0 amide bonds. The standard InChI is InChI=1S/C8H13N3OS/c1-2-12-6(5-3-4-5)7-10-8(9)13-11-7/h5-6H,2-4H2,1H3,(H2,9,10,11). The molecule has 2 N–H and O–H groups in total. The first-order valence-corrected chi connectivity index (χ1v) is 5.29. The number of ether oxygens (including phenoxy) is 1. The third kappa shape index (κ3) is 1.97. The molecule has 1 saturated carbocycles. The fourth-order valence-electron chi connectivity index (χ4n) is 1.36. The summed E-state index contributed by atoms with van der Waals surface area (Å²) < 4.78 is 9.77. The van der Waals surface area contributed by atoms with Gasteiger partial charge in [-0.1, -0.05) is 0 Å². The van der Waals surface area contributed by atoms with Gasteiger partial charge in [-0.3, -0.25) is 0 Å². The Kier molecular flexibility index (Phi) is 2.46. The van der Waals surface area contributed by atoms with Gasteiger partial charge in [-0.2, -0.15) is 4.37 Å². The summed E-state index contributed by atoms with van der Waals surface area (Å²) in [6.07, 6.45) is 2.53. The fourth-order valence-corrected chi connectivity index (χ4v) is 1.83. The van der Waals surface area contributed by atoms with Crippen molar-refractivity contribution >= 4 is 16.7 Å². The van der Waals surface area contributed by atoms with E-state index in [-0.39, 0.29) is 6.10 Å². The van der Waals surface area contributed by atoms with Crippen LogP contribution in [0.15, 0.2) is 0 Å². The van der Waals surface area contributed by atoms with Crippen molar-refractivity contribution < 1.29 is 4.74 Å². The molecule has 1 atom stereocenters. The van der Waals surface area contributed by atoms with Crippen LogP contribution in [0.2, 0.25) is 0 Å². The predicted molar refractivity (Wildman–Crippen MR) is 51.4 cm³/mol. The Morgan fingerprint density at radius 2 is 2.46 bits per heavy atom. The highest BCUT2D eigenvalue weighted by Gasteiger charge is 2.35. The van der Waals surface area contributed by atoms with Gasteiger partial charge in [0.25, 0.3) is 0 Å². The number of rotatable bonds is 4. The molecule has 0 aliphatic heterocycles. The van der Waals surface area contributed by atoms with E-state index in [4.69, 9.17) is 10.5 Å². The largest absolute Gasteiger partial charge is 0.374 e. The second-order valence-electron chi connectivity index (χ2n) is 3.20. The van der Waals surface area contributed by atoms with Gasteiger partial charge in [-0.15, -0.1) is 0 Å². The number of hydrogen-bond acceptors (Lipinski definition) is 5. The summed E-state index contributed by atoms with van der Waals surface area (Å²) in [6.45, 7) is 2.70. The van der Waals surface area contributed by atoms with Gasteiger partial charge in [-0.25, -0.2) is 4.98 Å². The molecule has 4 nitrogen and oxygen atoms in total. The van der Waals surface area contributed by atoms with Crippen LogP contribution in [0.25, 0.3) is 0 Å². The minimum absolute atomic E-state index is 0.0820. The van der Waals surface area contributed by atoms with Crippen LogP contribution in [-0.2, 0) is 4.74 Å². The van der Waals surface area contributed by atoms with Gasteiger partial charge in [0.2, 0.25) is 0 Å². The van der Waals surface area contributed by atoms with E-state index < -0.39 is 0 Å². The van der Waals surface area contributed by atoms with Gasteiger partial charge in [0.05, 0.1) is 0 Å². The molecule has 1 fully saturated rings. The Morgan fingerprint density at radius 3 is 2.92 bits per heavy atom. The molecule has 1 aromatic heterocycles. The van der Waals surface area contributed by atoms with Gasteiger partial charge in [0, 0.05) is 18.1 Å². The lowest BCUT2D eigenvalue weighted by Gasteiger charge is -2.11. The molecule has 0 radical (unpaired) electrons. The van der Waals surface area contributed by atoms with E-state index in [1.807, 2.05) is 6.92 Å². The Labute approximate surface area is 81.3 Å². The number of nitrogens with two attached hydrogens (primary N) is 1. The van der Waals surface area contributed by atoms with Crippen LogP contribution < -0.4 is 5.73 Å². The van der Waals surface area contributed by atoms with E-state index in [9.17, 15) is 0 Å². The Morgan fingerprint density at radius 1 is 1.69 bits per heavy atom. The summed E-state index contributed by atoms with van der Waals surface area (Å²) in [7, 11) is 0. The summed E-state index contributed by atoms with van der Waals surface area (Å²) in [5.41, 5.74) is 5.52. The predicted octanol–water partition coefficient (Wildman–Crippen LogP) is 1.61. The average Bonchev–Trinajstić information content (AvgIpc) is 2.85. The van der Waals surface area contributed by atoms with E-state index in [1.165, 1.54) is 24.4 Å². The zero-order chi connectivity index (χ0) is 9.26. The van der Waals surface area contributed by atoms with Crippen LogP contribution >= 0.6 is 11.5 Å². The molecular weight excluding hydrogens is 186 g/mol. The number of aromatic nitrogens is 2. The van der Waals surface area contributed by atoms with Gasteiger partial charge >= 0.3 is 0 Å². The molecule has 1 unspecified atom stereocenters. The van der Waals surface area contributed by atoms with Crippen LogP contribution in [0.1, 0.15) is 31.7 Å². The lowest BCUT2D eigenvalue weighted by molar-refractivity contribution is 0.0410. The van der Waals surface area contributed by atoms with Crippen LogP contribution in [0.5, 0.6) is 0 Å². The van der Waals surface area contributed by atoms with E-state index in [0.29, 0.717) is 17.7 Å². The van der Waals surface area contributed by atoms with E-state index in [1.54, 1.807) is 0 Å². The minimum atomic E-state index is 0.0820. The topological polar surface area (TPSA) is 61.0 Å². The zero-order valence-electron chi connectivity index (χ0n) is 7.56. The second kappa shape index (κ2) is 3.59. The highest BCUT2D eigenvalue weighted by atomic mass is 32.1. The number of hydrogen-bond donors (Lipinski definition) is 1. The first kappa shape index (κ1) is 8.90. The van der Waals surface area contributed by atoms with Crippen LogP contribution in [-0.4, -0.2) is 16.0 Å². The van der Waals surface area contributed by atoms with Crippen molar-refractivity contribution in [2.75, 3.05) is 12.3 Å². The maximum atomic E-state index is 5.59. The average molecular weight is 199 g/mol. The maximum absolute atomic E-state index is 5.59. The van der Waals surface area contributed by atoms with Crippen LogP contribution in [0.3, 0.4) is 0 Å². The normalized spacial score (nSPS) is 18.8. The first-order chi connectivity index (χ1) is 6.31. The van der Waals surface area contributed by atoms with Crippen LogP contribution in [0, 0.1) is 5.92 Å². The van der Waals surface area contributed by atoms with Gasteiger partial charge in [-0.05, 0) is 25.7 Å². The van der Waals surface area contributed by atoms with Gasteiger partial charge in [0.15, 0.2) is 11.0 Å². The molecule has 0 aromatic carbocycles. The summed E-state index contributed by atoms with van der Waals surface area (Å²) in [5, 5.41) is 0.528. The lowest BCUT2D eigenvalue weighted by Crippen LogP contribution is -2.08. The molecule has 2 rings (SSSR count). The number of nitrogen functional groups attached to an aromatic ring is 1. The van der Waals surface area contributed by atoms with Crippen molar-refractivity contribution in [1.82, 2.24) is 9.36 Å². The molecule has 1 heterocycles. The molecule has 1 aliphatic rings. The maximum Gasteiger partial charge on any atom is 0.200 e. The Balaban J connectivity index is 2.10. The molecule has 0 bridgehead atoms. The van der Waals surface area contributed by atoms with Crippen molar-refractivity contribution in [3.63, 3.8) is 0 Å². The highest BCUT2D eigenvalue weighted by molar-refractivity contribution is 7.09. The first-order valence-electron chi connectivity index (χ1n) is 4.52. The molecular formula is C8H13N3OS. The number of anilines is 1. The lowest BCUT2D eigenvalue weighted by atomic mass is 10.2. The van der Waals surface area contributed by atoms with Crippen LogP contribution in [0.4, 0.5) is 5.13 Å². The third-order valence-electron chi connectivity index (χ3n) is 2.11. The smallest absolute Gasteiger partial charge is 0.200 e. The van der Waals surface area contributed by atoms with Crippen molar-refractivity contribution in [2.24, 2.45) is 5.92 Å². The fraction of sp³-hybridized carbons (Fsp3) is 0.750. The zero-order valence-corrected chi connectivity index (χ0v) is 8.38. The molecule has 1 aromatic rings.